The number of benzene rings is 1. The molecule has 1 aliphatic rings. The van der Waals surface area contributed by atoms with Crippen LogP contribution in [0.2, 0.25) is 0 Å². The standard InChI is InChI=1S/C14H21BrN2O2/c1-19-14-4-2-12(3-5-14)17-8-6-16(7-9-17)11-13(18)10-15/h2-5,13,18H,6-11H2,1H3. The number of β-amino-alcohol motifs (C(OH)–C–C–N with tert-alkyl or cyclic N) is 1. The van der Waals surface area contributed by atoms with Crippen LogP contribution < -0.4 is 9.64 Å². The van der Waals surface area contributed by atoms with E-state index >= 15 is 0 Å². The van der Waals surface area contributed by atoms with Gasteiger partial charge in [0.1, 0.15) is 5.75 Å². The summed E-state index contributed by atoms with van der Waals surface area (Å²) in [6, 6.07) is 8.19. The number of alkyl halides is 1. The zero-order chi connectivity index (χ0) is 13.7. The zero-order valence-electron chi connectivity index (χ0n) is 11.3. The monoisotopic (exact) mass is 328 g/mol. The molecule has 1 saturated heterocycles. The van der Waals surface area contributed by atoms with Crippen molar-refractivity contribution in [1.82, 2.24) is 4.90 Å². The van der Waals surface area contributed by atoms with E-state index in [1.807, 2.05) is 12.1 Å². The molecule has 0 saturated carbocycles. The maximum atomic E-state index is 9.63. The maximum absolute atomic E-state index is 9.63. The molecule has 106 valence electrons. The van der Waals surface area contributed by atoms with E-state index in [0.29, 0.717) is 5.33 Å². The molecule has 0 aliphatic carbocycles. The van der Waals surface area contributed by atoms with E-state index in [9.17, 15) is 5.11 Å². The third-order valence-electron chi connectivity index (χ3n) is 3.46. The highest BCUT2D eigenvalue weighted by Gasteiger charge is 2.18. The summed E-state index contributed by atoms with van der Waals surface area (Å²) >= 11 is 3.30. The van der Waals surface area contributed by atoms with Gasteiger partial charge in [-0.15, -0.1) is 0 Å². The van der Waals surface area contributed by atoms with E-state index in [1.54, 1.807) is 7.11 Å². The Bertz CT molecular complexity index is 378. The van der Waals surface area contributed by atoms with Crippen molar-refractivity contribution in [2.75, 3.05) is 50.1 Å². The van der Waals surface area contributed by atoms with Gasteiger partial charge in [-0.2, -0.15) is 0 Å². The molecule has 0 radical (unpaired) electrons. The second kappa shape index (κ2) is 7.12. The van der Waals surface area contributed by atoms with E-state index in [1.165, 1.54) is 5.69 Å². The van der Waals surface area contributed by atoms with Crippen LogP contribution in [0, 0.1) is 0 Å². The number of nitrogens with zero attached hydrogens (tertiary/aromatic N) is 2. The maximum Gasteiger partial charge on any atom is 0.119 e. The lowest BCUT2D eigenvalue weighted by Crippen LogP contribution is -2.48. The molecule has 5 heteroatoms. The second-order valence-corrected chi connectivity index (χ2v) is 5.44. The molecule has 1 atom stereocenters. The molecular formula is C14H21BrN2O2. The van der Waals surface area contributed by atoms with Crippen LogP contribution >= 0.6 is 15.9 Å². The Kier molecular flexibility index (Phi) is 5.48. The Morgan fingerprint density at radius 3 is 2.37 bits per heavy atom. The lowest BCUT2D eigenvalue weighted by molar-refractivity contribution is 0.127. The fourth-order valence-corrected chi connectivity index (χ4v) is 2.53. The average Bonchev–Trinajstić information content (AvgIpc) is 2.48. The summed E-state index contributed by atoms with van der Waals surface area (Å²) in [5.41, 5.74) is 1.24. The quantitative estimate of drug-likeness (QED) is 0.832. The van der Waals surface area contributed by atoms with Gasteiger partial charge in [0.05, 0.1) is 13.2 Å². The highest BCUT2D eigenvalue weighted by molar-refractivity contribution is 9.09. The molecule has 0 bridgehead atoms. The summed E-state index contributed by atoms with van der Waals surface area (Å²) in [7, 11) is 1.68. The number of aliphatic hydroxyl groups excluding tert-OH is 1. The SMILES string of the molecule is COc1ccc(N2CCN(CC(O)CBr)CC2)cc1. The minimum absolute atomic E-state index is 0.271. The number of ether oxygens (including phenoxy) is 1. The number of aliphatic hydroxyl groups is 1. The molecule has 1 aromatic carbocycles. The normalized spacial score (nSPS) is 18.4. The van der Waals surface area contributed by atoms with Gasteiger partial charge >= 0.3 is 0 Å². The molecule has 1 aliphatic heterocycles. The molecule has 2 rings (SSSR count). The topological polar surface area (TPSA) is 35.9 Å². The van der Waals surface area contributed by atoms with Crippen LogP contribution in [0.4, 0.5) is 5.69 Å². The second-order valence-electron chi connectivity index (χ2n) is 4.79. The fraction of sp³-hybridized carbons (Fsp3) is 0.571. The van der Waals surface area contributed by atoms with Crippen LogP contribution in [0.5, 0.6) is 5.75 Å². The van der Waals surface area contributed by atoms with Gasteiger partial charge in [-0.25, -0.2) is 0 Å². The van der Waals surface area contributed by atoms with Gasteiger partial charge in [0.2, 0.25) is 0 Å². The summed E-state index contributed by atoms with van der Waals surface area (Å²) in [4.78, 5) is 4.68. The summed E-state index contributed by atoms with van der Waals surface area (Å²) in [6.07, 6.45) is -0.271. The fourth-order valence-electron chi connectivity index (χ4n) is 2.33. The van der Waals surface area contributed by atoms with Crippen molar-refractivity contribution in [3.8, 4) is 5.75 Å². The number of rotatable bonds is 5. The highest BCUT2D eigenvalue weighted by atomic mass is 79.9. The third-order valence-corrected chi connectivity index (χ3v) is 4.20. The molecule has 19 heavy (non-hydrogen) atoms. The number of halogens is 1. The molecule has 0 amide bonds. The average molecular weight is 329 g/mol. The molecule has 0 aromatic heterocycles. The van der Waals surface area contributed by atoms with Crippen molar-refractivity contribution < 1.29 is 9.84 Å². The highest BCUT2D eigenvalue weighted by Crippen LogP contribution is 2.20. The van der Waals surface area contributed by atoms with Gasteiger partial charge in [-0.05, 0) is 24.3 Å². The molecule has 1 N–H and O–H groups in total. The van der Waals surface area contributed by atoms with Gasteiger partial charge in [-0.3, -0.25) is 4.90 Å². The van der Waals surface area contributed by atoms with Crippen LogP contribution in [0.25, 0.3) is 0 Å². The Balaban J connectivity index is 1.85. The lowest BCUT2D eigenvalue weighted by Gasteiger charge is -2.36. The predicted molar refractivity (Wildman–Crippen MR) is 81.4 cm³/mol. The first-order chi connectivity index (χ1) is 9.22. The molecule has 4 nitrogen and oxygen atoms in total. The van der Waals surface area contributed by atoms with Crippen molar-refractivity contribution in [3.05, 3.63) is 24.3 Å². The van der Waals surface area contributed by atoms with Crippen LogP contribution in [-0.2, 0) is 0 Å². The van der Waals surface area contributed by atoms with E-state index in [-0.39, 0.29) is 6.10 Å². The van der Waals surface area contributed by atoms with E-state index < -0.39 is 0 Å². The lowest BCUT2D eigenvalue weighted by atomic mass is 10.2. The van der Waals surface area contributed by atoms with Gasteiger partial charge < -0.3 is 14.7 Å². The number of hydrogen-bond donors (Lipinski definition) is 1. The Labute approximate surface area is 123 Å². The van der Waals surface area contributed by atoms with Crippen molar-refractivity contribution >= 4 is 21.6 Å². The van der Waals surface area contributed by atoms with Crippen molar-refractivity contribution in [3.63, 3.8) is 0 Å². The molecular weight excluding hydrogens is 308 g/mol. The van der Waals surface area contributed by atoms with Crippen molar-refractivity contribution in [2.24, 2.45) is 0 Å². The first kappa shape index (κ1) is 14.6. The van der Waals surface area contributed by atoms with Gasteiger partial charge in [-0.1, -0.05) is 15.9 Å². The van der Waals surface area contributed by atoms with Gasteiger partial charge in [0, 0.05) is 43.7 Å². The van der Waals surface area contributed by atoms with Gasteiger partial charge in [0.15, 0.2) is 0 Å². The Morgan fingerprint density at radius 2 is 1.84 bits per heavy atom. The molecule has 1 fully saturated rings. The van der Waals surface area contributed by atoms with E-state index in [0.717, 1.165) is 38.5 Å². The summed E-state index contributed by atoms with van der Waals surface area (Å²) in [5, 5.41) is 10.3. The zero-order valence-corrected chi connectivity index (χ0v) is 12.8. The third kappa shape index (κ3) is 4.09. The van der Waals surface area contributed by atoms with Crippen LogP contribution in [0.1, 0.15) is 0 Å². The molecule has 1 aromatic rings. The smallest absolute Gasteiger partial charge is 0.119 e. The van der Waals surface area contributed by atoms with Crippen molar-refractivity contribution in [2.45, 2.75) is 6.10 Å². The first-order valence-electron chi connectivity index (χ1n) is 6.58. The summed E-state index contributed by atoms with van der Waals surface area (Å²) in [6.45, 7) is 4.75. The number of methoxy groups -OCH3 is 1. The largest absolute Gasteiger partial charge is 0.497 e. The first-order valence-corrected chi connectivity index (χ1v) is 7.70. The minimum atomic E-state index is -0.271. The van der Waals surface area contributed by atoms with E-state index in [4.69, 9.17) is 4.74 Å². The number of anilines is 1. The Hall–Kier alpha value is -0.780. The van der Waals surface area contributed by atoms with Crippen LogP contribution in [0.3, 0.4) is 0 Å². The molecule has 1 unspecified atom stereocenters. The van der Waals surface area contributed by atoms with Crippen molar-refractivity contribution in [1.29, 1.82) is 0 Å². The molecule has 1 heterocycles. The Morgan fingerprint density at radius 1 is 1.21 bits per heavy atom. The number of hydrogen-bond acceptors (Lipinski definition) is 4. The van der Waals surface area contributed by atoms with Gasteiger partial charge in [0.25, 0.3) is 0 Å². The minimum Gasteiger partial charge on any atom is -0.497 e. The van der Waals surface area contributed by atoms with E-state index in [2.05, 4.69) is 37.9 Å². The number of piperazine rings is 1. The molecule has 0 spiro atoms. The predicted octanol–water partition coefficient (Wildman–Crippen LogP) is 1.57. The van der Waals surface area contributed by atoms with Crippen LogP contribution in [-0.4, -0.2) is 61.3 Å². The summed E-state index contributed by atoms with van der Waals surface area (Å²) < 4.78 is 5.17. The van der Waals surface area contributed by atoms with Crippen LogP contribution in [0.15, 0.2) is 24.3 Å². The summed E-state index contributed by atoms with van der Waals surface area (Å²) in [5.74, 6) is 0.892.